The smallest absolute Gasteiger partial charge is 0.178 e. The maximum absolute atomic E-state index is 9.61. The number of nitrogens with zero attached hydrogens (tertiary/aromatic N) is 1. The monoisotopic (exact) mass is 189 g/mol. The van der Waals surface area contributed by atoms with E-state index in [0.29, 0.717) is 11.1 Å². The number of aryl methyl sites for hydroxylation is 1. The first kappa shape index (κ1) is 8.81. The summed E-state index contributed by atoms with van der Waals surface area (Å²) in [7, 11) is 0. The van der Waals surface area contributed by atoms with Crippen LogP contribution >= 0.6 is 0 Å². The van der Waals surface area contributed by atoms with E-state index < -0.39 is 0 Å². The largest absolute Gasteiger partial charge is 0.507 e. The molecule has 0 bridgehead atoms. The quantitative estimate of drug-likeness (QED) is 0.750. The number of phenols is 1. The average molecular weight is 189 g/mol. The number of benzene rings is 1. The Hall–Kier alpha value is -1.77. The maximum atomic E-state index is 9.61. The van der Waals surface area contributed by atoms with E-state index in [9.17, 15) is 5.11 Å². The van der Waals surface area contributed by atoms with Crippen LogP contribution in [0.25, 0.3) is 17.0 Å². The molecule has 0 aliphatic heterocycles. The Morgan fingerprint density at radius 2 is 2.21 bits per heavy atom. The predicted molar refractivity (Wildman–Crippen MR) is 55.1 cm³/mol. The first-order chi connectivity index (χ1) is 6.74. The first-order valence-corrected chi connectivity index (χ1v) is 4.44. The third-order valence-electron chi connectivity index (χ3n) is 2.17. The van der Waals surface area contributed by atoms with E-state index in [1.54, 1.807) is 6.07 Å². The molecule has 0 unspecified atom stereocenters. The summed E-state index contributed by atoms with van der Waals surface area (Å²) in [6.07, 6.45) is 3.66. The summed E-state index contributed by atoms with van der Waals surface area (Å²) < 4.78 is 5.15. The van der Waals surface area contributed by atoms with Gasteiger partial charge in [-0.15, -0.1) is 0 Å². The molecule has 0 amide bonds. The van der Waals surface area contributed by atoms with E-state index in [4.69, 9.17) is 4.52 Å². The lowest BCUT2D eigenvalue weighted by Crippen LogP contribution is -1.76. The van der Waals surface area contributed by atoms with Gasteiger partial charge >= 0.3 is 0 Å². The van der Waals surface area contributed by atoms with Crippen LogP contribution in [0, 0.1) is 6.92 Å². The van der Waals surface area contributed by atoms with Gasteiger partial charge in [-0.25, -0.2) is 0 Å². The van der Waals surface area contributed by atoms with Gasteiger partial charge in [0.05, 0.1) is 11.3 Å². The molecule has 0 aliphatic rings. The minimum Gasteiger partial charge on any atom is -0.507 e. The topological polar surface area (TPSA) is 46.3 Å². The number of phenolic OH excluding ortho intramolecular Hbond substituents is 1. The Labute approximate surface area is 81.6 Å². The number of fused-ring (bicyclic) bond motifs is 1. The number of allylic oxidation sites excluding steroid dienone is 1. The molecule has 2 rings (SSSR count). The van der Waals surface area contributed by atoms with Crippen molar-refractivity contribution in [3.63, 3.8) is 0 Å². The van der Waals surface area contributed by atoms with Crippen LogP contribution in [-0.4, -0.2) is 10.3 Å². The van der Waals surface area contributed by atoms with E-state index in [2.05, 4.69) is 5.16 Å². The Balaban J connectivity index is 2.83. The lowest BCUT2D eigenvalue weighted by atomic mass is 10.1. The molecule has 0 saturated carbocycles. The molecule has 14 heavy (non-hydrogen) atoms. The van der Waals surface area contributed by atoms with Gasteiger partial charge in [0, 0.05) is 5.39 Å². The van der Waals surface area contributed by atoms with Gasteiger partial charge in [0.15, 0.2) is 5.58 Å². The van der Waals surface area contributed by atoms with Crippen LogP contribution in [0.2, 0.25) is 0 Å². The summed E-state index contributed by atoms with van der Waals surface area (Å²) in [5.41, 5.74) is 2.16. The minimum atomic E-state index is 0.215. The van der Waals surface area contributed by atoms with Gasteiger partial charge in [0.2, 0.25) is 0 Å². The fourth-order valence-electron chi connectivity index (χ4n) is 1.46. The average Bonchev–Trinajstić information content (AvgIpc) is 2.53. The number of hydrogen-bond acceptors (Lipinski definition) is 3. The zero-order chi connectivity index (χ0) is 10.1. The molecular weight excluding hydrogens is 178 g/mol. The Bertz CT molecular complexity index is 497. The van der Waals surface area contributed by atoms with Gasteiger partial charge in [0.1, 0.15) is 5.75 Å². The van der Waals surface area contributed by atoms with Crippen molar-refractivity contribution >= 4 is 17.0 Å². The summed E-state index contributed by atoms with van der Waals surface area (Å²) in [5.74, 6) is 0.215. The van der Waals surface area contributed by atoms with E-state index >= 15 is 0 Å². The molecular formula is C11H11NO2. The van der Waals surface area contributed by atoms with Gasteiger partial charge in [-0.05, 0) is 26.0 Å². The predicted octanol–water partition coefficient (Wildman–Crippen LogP) is 2.87. The lowest BCUT2D eigenvalue weighted by molar-refractivity contribution is 0.443. The third-order valence-corrected chi connectivity index (χ3v) is 2.17. The van der Waals surface area contributed by atoms with Crippen LogP contribution in [0.15, 0.2) is 22.7 Å². The van der Waals surface area contributed by atoms with E-state index in [1.165, 1.54) is 0 Å². The third kappa shape index (κ3) is 1.18. The Morgan fingerprint density at radius 1 is 1.43 bits per heavy atom. The van der Waals surface area contributed by atoms with Crippen molar-refractivity contribution in [2.24, 2.45) is 0 Å². The summed E-state index contributed by atoms with van der Waals surface area (Å²) in [4.78, 5) is 0. The second-order valence-corrected chi connectivity index (χ2v) is 3.14. The standard InChI is InChI=1S/C11H11NO2/c1-3-4-9-10(13)6-5-8-7(2)12-14-11(8)9/h3-6,13H,1-2H3/b4-3-. The summed E-state index contributed by atoms with van der Waals surface area (Å²) in [6.45, 7) is 3.77. The first-order valence-electron chi connectivity index (χ1n) is 4.44. The highest BCUT2D eigenvalue weighted by molar-refractivity contribution is 5.89. The summed E-state index contributed by atoms with van der Waals surface area (Å²) >= 11 is 0. The van der Waals surface area contributed by atoms with Gasteiger partial charge < -0.3 is 9.63 Å². The second kappa shape index (κ2) is 3.18. The molecule has 3 heteroatoms. The molecule has 3 nitrogen and oxygen atoms in total. The molecule has 0 aliphatic carbocycles. The molecule has 1 N–H and O–H groups in total. The molecule has 1 aromatic heterocycles. The SMILES string of the molecule is C/C=C\c1c(O)ccc2c(C)noc12. The summed E-state index contributed by atoms with van der Waals surface area (Å²) in [5, 5.41) is 14.4. The maximum Gasteiger partial charge on any atom is 0.178 e. The minimum absolute atomic E-state index is 0.215. The highest BCUT2D eigenvalue weighted by Gasteiger charge is 2.10. The highest BCUT2D eigenvalue weighted by Crippen LogP contribution is 2.29. The normalized spacial score (nSPS) is 11.6. The Kier molecular flexibility index (Phi) is 2.00. The summed E-state index contributed by atoms with van der Waals surface area (Å²) in [6, 6.07) is 3.46. The van der Waals surface area contributed by atoms with Crippen molar-refractivity contribution in [2.75, 3.05) is 0 Å². The van der Waals surface area contributed by atoms with Crippen LogP contribution < -0.4 is 0 Å². The fourth-order valence-corrected chi connectivity index (χ4v) is 1.46. The number of aromatic nitrogens is 1. The fraction of sp³-hybridized carbons (Fsp3) is 0.182. The van der Waals surface area contributed by atoms with Crippen molar-refractivity contribution in [2.45, 2.75) is 13.8 Å². The van der Waals surface area contributed by atoms with Crippen LogP contribution in [0.4, 0.5) is 0 Å². The zero-order valence-corrected chi connectivity index (χ0v) is 8.11. The molecule has 0 spiro atoms. The van der Waals surface area contributed by atoms with Crippen LogP contribution in [-0.2, 0) is 0 Å². The van der Waals surface area contributed by atoms with E-state index in [0.717, 1.165) is 11.1 Å². The molecule has 2 aromatic rings. The van der Waals surface area contributed by atoms with Crippen molar-refractivity contribution in [1.82, 2.24) is 5.16 Å². The van der Waals surface area contributed by atoms with Crippen molar-refractivity contribution in [3.8, 4) is 5.75 Å². The van der Waals surface area contributed by atoms with Crippen molar-refractivity contribution in [1.29, 1.82) is 0 Å². The van der Waals surface area contributed by atoms with Gasteiger partial charge in [-0.1, -0.05) is 17.3 Å². The molecule has 0 saturated heterocycles. The van der Waals surface area contributed by atoms with Crippen LogP contribution in [0.3, 0.4) is 0 Å². The van der Waals surface area contributed by atoms with Gasteiger partial charge in [0.25, 0.3) is 0 Å². The van der Waals surface area contributed by atoms with Crippen molar-refractivity contribution in [3.05, 3.63) is 29.5 Å². The molecule has 72 valence electrons. The zero-order valence-electron chi connectivity index (χ0n) is 8.11. The van der Waals surface area contributed by atoms with Gasteiger partial charge in [-0.3, -0.25) is 0 Å². The molecule has 0 atom stereocenters. The molecule has 1 heterocycles. The Morgan fingerprint density at radius 3 is 2.93 bits per heavy atom. The van der Waals surface area contributed by atoms with Crippen LogP contribution in [0.1, 0.15) is 18.2 Å². The lowest BCUT2D eigenvalue weighted by Gasteiger charge is -1.98. The van der Waals surface area contributed by atoms with Gasteiger partial charge in [-0.2, -0.15) is 0 Å². The van der Waals surface area contributed by atoms with E-state index in [1.807, 2.05) is 32.1 Å². The second-order valence-electron chi connectivity index (χ2n) is 3.14. The number of rotatable bonds is 1. The van der Waals surface area contributed by atoms with Crippen molar-refractivity contribution < 1.29 is 9.63 Å². The molecule has 0 fully saturated rings. The van der Waals surface area contributed by atoms with E-state index in [-0.39, 0.29) is 5.75 Å². The molecule has 0 radical (unpaired) electrons. The number of hydrogen-bond donors (Lipinski definition) is 1. The number of aromatic hydroxyl groups is 1. The highest BCUT2D eigenvalue weighted by atomic mass is 16.5. The molecule has 1 aromatic carbocycles. The van der Waals surface area contributed by atoms with Crippen LogP contribution in [0.5, 0.6) is 5.75 Å².